The van der Waals surface area contributed by atoms with Crippen molar-refractivity contribution < 1.29 is 19.0 Å². The maximum absolute atomic E-state index is 12.8. The summed E-state index contributed by atoms with van der Waals surface area (Å²) < 4.78 is 16.8. The zero-order valence-corrected chi connectivity index (χ0v) is 19.2. The van der Waals surface area contributed by atoms with Crippen molar-refractivity contribution in [3.63, 3.8) is 0 Å². The summed E-state index contributed by atoms with van der Waals surface area (Å²) in [6.45, 7) is 2.47. The molecule has 3 aromatic rings. The first kappa shape index (κ1) is 21.6. The normalized spacial score (nSPS) is 14.7. The molecule has 8 nitrogen and oxygen atoms in total. The molecule has 0 aliphatic carbocycles. The van der Waals surface area contributed by atoms with Gasteiger partial charge in [0.25, 0.3) is 0 Å². The Labute approximate surface area is 198 Å². The lowest BCUT2D eigenvalue weighted by molar-refractivity contribution is 0.181. The van der Waals surface area contributed by atoms with Crippen LogP contribution < -0.4 is 19.5 Å². The van der Waals surface area contributed by atoms with E-state index >= 15 is 0 Å². The van der Waals surface area contributed by atoms with Gasteiger partial charge in [-0.15, -0.1) is 0 Å². The van der Waals surface area contributed by atoms with Gasteiger partial charge in [-0.2, -0.15) is 0 Å². The van der Waals surface area contributed by atoms with E-state index < -0.39 is 0 Å². The van der Waals surface area contributed by atoms with Crippen molar-refractivity contribution in [1.82, 2.24) is 9.80 Å². The zero-order valence-electron chi connectivity index (χ0n) is 19.2. The molecule has 0 radical (unpaired) electrons. The number of hydrogen-bond donors (Lipinski definition) is 1. The number of amidine groups is 1. The summed E-state index contributed by atoms with van der Waals surface area (Å²) in [5.41, 5.74) is 2.40. The molecule has 34 heavy (non-hydrogen) atoms. The molecule has 3 aromatic carbocycles. The lowest BCUT2D eigenvalue weighted by atomic mass is 10.1. The number of aliphatic imine (C=N–C) groups is 1. The fourth-order valence-electron chi connectivity index (χ4n) is 4.07. The van der Waals surface area contributed by atoms with Gasteiger partial charge in [0.2, 0.25) is 0 Å². The third-order valence-electron chi connectivity index (χ3n) is 5.95. The number of piperazine rings is 1. The summed E-state index contributed by atoms with van der Waals surface area (Å²) in [6.07, 6.45) is 0. The minimum Gasteiger partial charge on any atom is -0.497 e. The van der Waals surface area contributed by atoms with Crippen molar-refractivity contribution in [2.75, 3.05) is 45.7 Å². The number of nitrogens with one attached hydrogen (secondary N) is 1. The number of carbonyl (C=O) groups excluding carboxylic acids is 1. The smallest absolute Gasteiger partial charge is 0.321 e. The third kappa shape index (κ3) is 4.34. The second-order valence-corrected chi connectivity index (χ2v) is 8.00. The van der Waals surface area contributed by atoms with Crippen LogP contribution in [0.15, 0.2) is 71.7 Å². The average Bonchev–Trinajstić information content (AvgIpc) is 3.05. The van der Waals surface area contributed by atoms with Gasteiger partial charge < -0.3 is 29.3 Å². The van der Waals surface area contributed by atoms with Gasteiger partial charge in [-0.3, -0.25) is 0 Å². The van der Waals surface area contributed by atoms with Gasteiger partial charge in [0.1, 0.15) is 28.8 Å². The average molecular weight is 459 g/mol. The standard InChI is InChI=1S/C26H26N4O4/c1-32-19-9-7-18(8-10-19)27-26(31)30-15-13-29(14-16-30)25-21-12-11-20(33-2)17-24(21)34-23-6-4-3-5-22(23)28-25/h3-12,17H,13-16H2,1-2H3,(H,27,31). The molecule has 2 aliphatic heterocycles. The summed E-state index contributed by atoms with van der Waals surface area (Å²) in [5, 5.41) is 2.96. The van der Waals surface area contributed by atoms with Crippen LogP contribution in [0.25, 0.3) is 0 Å². The van der Waals surface area contributed by atoms with Gasteiger partial charge >= 0.3 is 6.03 Å². The summed E-state index contributed by atoms with van der Waals surface area (Å²) in [4.78, 5) is 21.8. The van der Waals surface area contributed by atoms with E-state index in [-0.39, 0.29) is 6.03 Å². The summed E-state index contributed by atoms with van der Waals surface area (Å²) >= 11 is 0. The van der Waals surface area contributed by atoms with E-state index in [9.17, 15) is 4.79 Å². The highest BCUT2D eigenvalue weighted by Crippen LogP contribution is 2.39. The fraction of sp³-hybridized carbons (Fsp3) is 0.231. The van der Waals surface area contributed by atoms with Crippen molar-refractivity contribution >= 4 is 23.2 Å². The van der Waals surface area contributed by atoms with Gasteiger partial charge in [0.05, 0.1) is 19.8 Å². The molecule has 0 unspecified atom stereocenters. The number of hydrogen-bond acceptors (Lipinski definition) is 6. The molecule has 174 valence electrons. The minimum atomic E-state index is -0.119. The number of para-hydroxylation sites is 2. The summed E-state index contributed by atoms with van der Waals surface area (Å²) in [5.74, 6) is 3.70. The van der Waals surface area contributed by atoms with Crippen LogP contribution in [0.5, 0.6) is 23.0 Å². The highest BCUT2D eigenvalue weighted by molar-refractivity contribution is 6.04. The van der Waals surface area contributed by atoms with Gasteiger partial charge in [-0.1, -0.05) is 12.1 Å². The first-order chi connectivity index (χ1) is 16.6. The van der Waals surface area contributed by atoms with E-state index in [0.717, 1.165) is 34.3 Å². The third-order valence-corrected chi connectivity index (χ3v) is 5.95. The van der Waals surface area contributed by atoms with Crippen LogP contribution in [-0.2, 0) is 0 Å². The Morgan fingerprint density at radius 2 is 1.59 bits per heavy atom. The van der Waals surface area contributed by atoms with Gasteiger partial charge in [-0.05, 0) is 48.5 Å². The van der Waals surface area contributed by atoms with Crippen LogP contribution in [0.3, 0.4) is 0 Å². The molecule has 5 rings (SSSR count). The number of amides is 2. The molecule has 1 fully saturated rings. The van der Waals surface area contributed by atoms with Crippen LogP contribution in [0.1, 0.15) is 5.56 Å². The van der Waals surface area contributed by atoms with Gasteiger partial charge in [0, 0.05) is 37.9 Å². The minimum absolute atomic E-state index is 0.119. The van der Waals surface area contributed by atoms with Crippen molar-refractivity contribution in [3.05, 3.63) is 72.3 Å². The number of rotatable bonds is 3. The van der Waals surface area contributed by atoms with Crippen LogP contribution in [0.4, 0.5) is 16.2 Å². The van der Waals surface area contributed by atoms with Crippen LogP contribution >= 0.6 is 0 Å². The van der Waals surface area contributed by atoms with E-state index in [1.807, 2.05) is 71.6 Å². The number of fused-ring (bicyclic) bond motifs is 2. The Bertz CT molecular complexity index is 1220. The predicted molar refractivity (Wildman–Crippen MR) is 131 cm³/mol. The van der Waals surface area contributed by atoms with E-state index in [2.05, 4.69) is 10.2 Å². The Balaban J connectivity index is 1.33. The van der Waals surface area contributed by atoms with Crippen molar-refractivity contribution in [1.29, 1.82) is 0 Å². The maximum Gasteiger partial charge on any atom is 0.321 e. The highest BCUT2D eigenvalue weighted by Gasteiger charge is 2.28. The van der Waals surface area contributed by atoms with Gasteiger partial charge in [-0.25, -0.2) is 9.79 Å². The van der Waals surface area contributed by atoms with Crippen molar-refractivity contribution in [2.24, 2.45) is 4.99 Å². The highest BCUT2D eigenvalue weighted by atomic mass is 16.5. The van der Waals surface area contributed by atoms with E-state index in [1.54, 1.807) is 14.2 Å². The Morgan fingerprint density at radius 1 is 0.882 bits per heavy atom. The van der Waals surface area contributed by atoms with Crippen LogP contribution in [0.2, 0.25) is 0 Å². The molecular formula is C26H26N4O4. The molecule has 1 N–H and O–H groups in total. The number of ether oxygens (including phenoxy) is 3. The molecule has 0 aromatic heterocycles. The maximum atomic E-state index is 12.8. The molecule has 0 atom stereocenters. The predicted octanol–water partition coefficient (Wildman–Crippen LogP) is 4.74. The summed E-state index contributed by atoms with van der Waals surface area (Å²) in [7, 11) is 3.25. The molecule has 1 saturated heterocycles. The van der Waals surface area contributed by atoms with Crippen molar-refractivity contribution in [3.8, 4) is 23.0 Å². The lowest BCUT2D eigenvalue weighted by Gasteiger charge is -2.36. The molecule has 2 heterocycles. The van der Waals surface area contributed by atoms with E-state index in [1.165, 1.54) is 0 Å². The van der Waals surface area contributed by atoms with Gasteiger partial charge in [0.15, 0.2) is 5.75 Å². The first-order valence-corrected chi connectivity index (χ1v) is 11.1. The largest absolute Gasteiger partial charge is 0.497 e. The fourth-order valence-corrected chi connectivity index (χ4v) is 4.07. The lowest BCUT2D eigenvalue weighted by Crippen LogP contribution is -2.51. The van der Waals surface area contributed by atoms with Crippen molar-refractivity contribution in [2.45, 2.75) is 0 Å². The Kier molecular flexibility index (Phi) is 5.95. The SMILES string of the molecule is COc1ccc(NC(=O)N2CCN(C3=Nc4ccccc4Oc4cc(OC)ccc43)CC2)cc1. The monoisotopic (exact) mass is 458 g/mol. The number of benzene rings is 3. The second-order valence-electron chi connectivity index (χ2n) is 8.00. The quantitative estimate of drug-likeness (QED) is 0.614. The molecule has 0 bridgehead atoms. The number of urea groups is 1. The number of carbonyl (C=O) groups is 1. The summed E-state index contributed by atoms with van der Waals surface area (Å²) in [6, 6.07) is 20.7. The molecular weight excluding hydrogens is 432 g/mol. The number of methoxy groups -OCH3 is 2. The molecule has 2 aliphatic rings. The molecule has 0 spiro atoms. The van der Waals surface area contributed by atoms with Crippen LogP contribution in [0, 0.1) is 0 Å². The number of anilines is 1. The molecule has 2 amide bonds. The number of nitrogens with zero attached hydrogens (tertiary/aromatic N) is 3. The topological polar surface area (TPSA) is 75.6 Å². The van der Waals surface area contributed by atoms with E-state index in [4.69, 9.17) is 19.2 Å². The molecule has 0 saturated carbocycles. The Hall–Kier alpha value is -4.20. The van der Waals surface area contributed by atoms with Crippen LogP contribution in [-0.4, -0.2) is 62.1 Å². The first-order valence-electron chi connectivity index (χ1n) is 11.1. The zero-order chi connectivity index (χ0) is 23.5. The Morgan fingerprint density at radius 3 is 2.32 bits per heavy atom. The molecule has 8 heteroatoms. The van der Waals surface area contributed by atoms with E-state index in [0.29, 0.717) is 37.7 Å². The second kappa shape index (κ2) is 9.35.